The van der Waals surface area contributed by atoms with Crippen LogP contribution < -0.4 is 5.32 Å². The van der Waals surface area contributed by atoms with Gasteiger partial charge in [0.15, 0.2) is 0 Å². The van der Waals surface area contributed by atoms with Gasteiger partial charge in [-0.3, -0.25) is 9.69 Å². The first-order valence-electron chi connectivity index (χ1n) is 5.33. The van der Waals surface area contributed by atoms with Crippen LogP contribution in [0.5, 0.6) is 0 Å². The first-order chi connectivity index (χ1) is 6.74. The van der Waals surface area contributed by atoms with Gasteiger partial charge in [0.2, 0.25) is 5.91 Å². The van der Waals surface area contributed by atoms with Gasteiger partial charge in [-0.05, 0) is 19.4 Å². The van der Waals surface area contributed by atoms with E-state index in [9.17, 15) is 4.79 Å². The highest BCUT2D eigenvalue weighted by Crippen LogP contribution is 2.15. The minimum atomic E-state index is 0.0273. The summed E-state index contributed by atoms with van der Waals surface area (Å²) in [6.45, 7) is 4.24. The van der Waals surface area contributed by atoms with E-state index < -0.39 is 0 Å². The first kappa shape index (κ1) is 11.5. The summed E-state index contributed by atoms with van der Waals surface area (Å²) in [5.74, 6) is 0.0273. The largest absolute Gasteiger partial charge is 0.395 e. The van der Waals surface area contributed by atoms with Crippen LogP contribution in [0.3, 0.4) is 0 Å². The number of likely N-dealkylation sites (tertiary alicyclic amines) is 1. The molecule has 0 bridgehead atoms. The molecule has 0 aromatic carbocycles. The van der Waals surface area contributed by atoms with Crippen molar-refractivity contribution >= 4 is 5.91 Å². The number of hydrogen-bond acceptors (Lipinski definition) is 3. The van der Waals surface area contributed by atoms with E-state index in [-0.39, 0.29) is 12.5 Å². The number of hydrogen-bond donors (Lipinski definition) is 2. The molecule has 0 spiro atoms. The maximum atomic E-state index is 10.8. The number of nitrogens with one attached hydrogen (secondary N) is 1. The molecule has 1 atom stereocenters. The van der Waals surface area contributed by atoms with E-state index in [1.807, 2.05) is 0 Å². The third-order valence-electron chi connectivity index (χ3n) is 2.72. The van der Waals surface area contributed by atoms with Crippen LogP contribution in [0.1, 0.15) is 26.2 Å². The Morgan fingerprint density at radius 1 is 1.57 bits per heavy atom. The minimum absolute atomic E-state index is 0.0273. The minimum Gasteiger partial charge on any atom is -0.395 e. The van der Waals surface area contributed by atoms with Crippen molar-refractivity contribution in [1.29, 1.82) is 0 Å². The van der Waals surface area contributed by atoms with Gasteiger partial charge >= 0.3 is 0 Å². The molecule has 0 radical (unpaired) electrons. The fourth-order valence-corrected chi connectivity index (χ4v) is 1.98. The topological polar surface area (TPSA) is 52.6 Å². The third kappa shape index (κ3) is 3.64. The van der Waals surface area contributed by atoms with E-state index in [0.29, 0.717) is 6.04 Å². The fourth-order valence-electron chi connectivity index (χ4n) is 1.98. The highest BCUT2D eigenvalue weighted by Gasteiger charge is 2.21. The number of aliphatic hydroxyl groups excluding tert-OH is 1. The Hall–Kier alpha value is -0.610. The average Bonchev–Trinajstić information content (AvgIpc) is 2.17. The standard InChI is InChI=1S/C10H20N2O2/c1-9(14)11-8-10-4-2-3-5-12(10)6-7-13/h10,13H,2-8H2,1H3,(H,11,14)/t10-/m0/s1. The summed E-state index contributed by atoms with van der Waals surface area (Å²) in [6.07, 6.45) is 3.56. The van der Waals surface area contributed by atoms with Gasteiger partial charge in [0.1, 0.15) is 0 Å². The SMILES string of the molecule is CC(=O)NC[C@@H]1CCCCN1CCO. The zero-order valence-corrected chi connectivity index (χ0v) is 8.83. The van der Waals surface area contributed by atoms with E-state index in [1.165, 1.54) is 12.8 Å². The molecule has 1 aliphatic rings. The molecule has 1 aliphatic heterocycles. The van der Waals surface area contributed by atoms with Crippen molar-refractivity contribution in [2.45, 2.75) is 32.2 Å². The van der Waals surface area contributed by atoms with Crippen LogP contribution in [-0.4, -0.2) is 48.2 Å². The molecule has 1 rings (SSSR count). The lowest BCUT2D eigenvalue weighted by atomic mass is 10.0. The van der Waals surface area contributed by atoms with E-state index in [1.54, 1.807) is 6.92 Å². The molecule has 2 N–H and O–H groups in total. The summed E-state index contributed by atoms with van der Waals surface area (Å²) >= 11 is 0. The Bertz CT molecular complexity index is 183. The highest BCUT2D eigenvalue weighted by atomic mass is 16.3. The zero-order valence-electron chi connectivity index (χ0n) is 8.83. The molecular formula is C10H20N2O2. The number of carbonyl (C=O) groups is 1. The molecule has 0 aromatic heterocycles. The number of nitrogens with zero attached hydrogens (tertiary/aromatic N) is 1. The second-order valence-corrected chi connectivity index (χ2v) is 3.85. The normalized spacial score (nSPS) is 23.4. The van der Waals surface area contributed by atoms with Gasteiger partial charge in [-0.2, -0.15) is 0 Å². The number of piperidine rings is 1. The average molecular weight is 200 g/mol. The molecule has 0 aliphatic carbocycles. The molecule has 0 unspecified atom stereocenters. The van der Waals surface area contributed by atoms with Crippen LogP contribution in [0.25, 0.3) is 0 Å². The molecule has 1 fully saturated rings. The number of amides is 1. The van der Waals surface area contributed by atoms with Crippen molar-refractivity contribution in [2.75, 3.05) is 26.2 Å². The summed E-state index contributed by atoms with van der Waals surface area (Å²) in [6, 6.07) is 0.416. The van der Waals surface area contributed by atoms with Crippen molar-refractivity contribution < 1.29 is 9.90 Å². The van der Waals surface area contributed by atoms with Gasteiger partial charge in [-0.1, -0.05) is 6.42 Å². The van der Waals surface area contributed by atoms with Crippen molar-refractivity contribution in [3.8, 4) is 0 Å². The molecule has 1 saturated heterocycles. The van der Waals surface area contributed by atoms with E-state index in [0.717, 1.165) is 26.1 Å². The summed E-state index contributed by atoms with van der Waals surface area (Å²) in [5.41, 5.74) is 0. The van der Waals surface area contributed by atoms with Crippen LogP contribution in [0.2, 0.25) is 0 Å². The molecule has 4 nitrogen and oxygen atoms in total. The molecular weight excluding hydrogens is 180 g/mol. The van der Waals surface area contributed by atoms with Gasteiger partial charge in [-0.25, -0.2) is 0 Å². The lowest BCUT2D eigenvalue weighted by molar-refractivity contribution is -0.119. The van der Waals surface area contributed by atoms with Gasteiger partial charge < -0.3 is 10.4 Å². The zero-order chi connectivity index (χ0) is 10.4. The first-order valence-corrected chi connectivity index (χ1v) is 5.33. The lowest BCUT2D eigenvalue weighted by Gasteiger charge is -2.35. The molecule has 0 aromatic rings. The Morgan fingerprint density at radius 2 is 2.36 bits per heavy atom. The van der Waals surface area contributed by atoms with E-state index in [2.05, 4.69) is 10.2 Å². The Kier molecular flexibility index (Phi) is 4.90. The number of aliphatic hydroxyl groups is 1. The summed E-state index contributed by atoms with van der Waals surface area (Å²) in [5, 5.41) is 11.7. The van der Waals surface area contributed by atoms with Crippen molar-refractivity contribution in [3.05, 3.63) is 0 Å². The lowest BCUT2D eigenvalue weighted by Crippen LogP contribution is -2.47. The quantitative estimate of drug-likeness (QED) is 0.670. The molecule has 82 valence electrons. The Balaban J connectivity index is 2.33. The van der Waals surface area contributed by atoms with Gasteiger partial charge in [-0.15, -0.1) is 0 Å². The second-order valence-electron chi connectivity index (χ2n) is 3.85. The molecule has 1 heterocycles. The fraction of sp³-hybridized carbons (Fsp3) is 0.900. The van der Waals surface area contributed by atoms with Gasteiger partial charge in [0.25, 0.3) is 0 Å². The Labute approximate surface area is 85.3 Å². The van der Waals surface area contributed by atoms with Crippen LogP contribution in [-0.2, 0) is 4.79 Å². The van der Waals surface area contributed by atoms with Crippen LogP contribution >= 0.6 is 0 Å². The van der Waals surface area contributed by atoms with Crippen LogP contribution in [0, 0.1) is 0 Å². The summed E-state index contributed by atoms with van der Waals surface area (Å²) in [7, 11) is 0. The number of β-amino-alcohol motifs (C(OH)–C–C–N with tert-alkyl or cyclic N) is 1. The smallest absolute Gasteiger partial charge is 0.216 e. The molecule has 1 amide bonds. The number of rotatable bonds is 4. The van der Waals surface area contributed by atoms with Crippen molar-refractivity contribution in [1.82, 2.24) is 10.2 Å². The predicted octanol–water partition coefficient (Wildman–Crippen LogP) is -0.0307. The van der Waals surface area contributed by atoms with Gasteiger partial charge in [0, 0.05) is 26.1 Å². The molecule has 14 heavy (non-hydrogen) atoms. The van der Waals surface area contributed by atoms with E-state index in [4.69, 9.17) is 5.11 Å². The van der Waals surface area contributed by atoms with Crippen molar-refractivity contribution in [2.24, 2.45) is 0 Å². The van der Waals surface area contributed by atoms with Crippen LogP contribution in [0.4, 0.5) is 0 Å². The van der Waals surface area contributed by atoms with Crippen LogP contribution in [0.15, 0.2) is 0 Å². The number of carbonyl (C=O) groups excluding carboxylic acids is 1. The maximum absolute atomic E-state index is 10.8. The predicted molar refractivity (Wildman–Crippen MR) is 55.0 cm³/mol. The summed E-state index contributed by atoms with van der Waals surface area (Å²) < 4.78 is 0. The Morgan fingerprint density at radius 3 is 3.00 bits per heavy atom. The van der Waals surface area contributed by atoms with Gasteiger partial charge in [0.05, 0.1) is 6.61 Å². The summed E-state index contributed by atoms with van der Waals surface area (Å²) in [4.78, 5) is 13.0. The maximum Gasteiger partial charge on any atom is 0.216 e. The second kappa shape index (κ2) is 5.98. The van der Waals surface area contributed by atoms with Crippen molar-refractivity contribution in [3.63, 3.8) is 0 Å². The molecule has 4 heteroatoms. The highest BCUT2D eigenvalue weighted by molar-refractivity contribution is 5.72. The third-order valence-corrected chi connectivity index (χ3v) is 2.72. The monoisotopic (exact) mass is 200 g/mol. The van der Waals surface area contributed by atoms with E-state index >= 15 is 0 Å². The molecule has 0 saturated carbocycles.